The molecule has 0 unspecified atom stereocenters. The monoisotopic (exact) mass is 452 g/mol. The summed E-state index contributed by atoms with van der Waals surface area (Å²) in [4.78, 5) is 4.93. The largest absolute Gasteiger partial charge is 0.497 e. The van der Waals surface area contributed by atoms with E-state index < -0.39 is 0 Å². The fraction of sp³-hybridized carbons (Fsp3) is 0.345. The number of anilines is 2. The minimum atomic E-state index is 0.880. The summed E-state index contributed by atoms with van der Waals surface area (Å²) in [6.45, 7) is 4.43. The molecule has 0 radical (unpaired) electrons. The van der Waals surface area contributed by atoms with Crippen molar-refractivity contribution in [3.63, 3.8) is 0 Å². The smallest absolute Gasteiger partial charge is 0.160 e. The van der Waals surface area contributed by atoms with Crippen molar-refractivity contribution in [2.45, 2.75) is 39.0 Å². The van der Waals surface area contributed by atoms with E-state index in [-0.39, 0.29) is 0 Å². The van der Waals surface area contributed by atoms with Gasteiger partial charge < -0.3 is 14.5 Å². The molecule has 3 aromatic rings. The van der Waals surface area contributed by atoms with Gasteiger partial charge in [0.25, 0.3) is 0 Å². The van der Waals surface area contributed by atoms with Crippen LogP contribution in [0.3, 0.4) is 0 Å². The second-order valence-corrected chi connectivity index (χ2v) is 9.55. The number of piperidine rings is 1. The van der Waals surface area contributed by atoms with E-state index in [0.29, 0.717) is 0 Å². The number of aromatic nitrogens is 2. The van der Waals surface area contributed by atoms with Crippen LogP contribution in [0.25, 0.3) is 22.5 Å². The van der Waals surface area contributed by atoms with Gasteiger partial charge in [0.2, 0.25) is 0 Å². The van der Waals surface area contributed by atoms with E-state index >= 15 is 0 Å². The lowest BCUT2D eigenvalue weighted by molar-refractivity contribution is 0.415. The summed E-state index contributed by atoms with van der Waals surface area (Å²) < 4.78 is 7.67. The van der Waals surface area contributed by atoms with Crippen LogP contribution in [0, 0.1) is 0 Å². The maximum absolute atomic E-state index is 5.42. The highest BCUT2D eigenvalue weighted by molar-refractivity contribution is 6.07. The molecule has 0 bridgehead atoms. The fourth-order valence-corrected chi connectivity index (χ4v) is 5.39. The lowest BCUT2D eigenvalue weighted by Crippen LogP contribution is -2.32. The molecule has 34 heavy (non-hydrogen) atoms. The molecule has 2 fully saturated rings. The molecule has 174 valence electrons. The van der Waals surface area contributed by atoms with E-state index in [0.717, 1.165) is 37.4 Å². The quantitative estimate of drug-likeness (QED) is 0.456. The van der Waals surface area contributed by atoms with Gasteiger partial charge in [0.15, 0.2) is 5.82 Å². The molecule has 3 aliphatic rings. The Hall–Kier alpha value is -3.47. The van der Waals surface area contributed by atoms with Crippen LogP contribution in [0.1, 0.15) is 44.6 Å². The van der Waals surface area contributed by atoms with E-state index in [4.69, 9.17) is 9.84 Å². The maximum Gasteiger partial charge on any atom is 0.160 e. The van der Waals surface area contributed by atoms with Crippen LogP contribution >= 0.6 is 0 Å². The zero-order chi connectivity index (χ0) is 23.2. The molecule has 1 aliphatic carbocycles. The topological polar surface area (TPSA) is 33.5 Å². The highest BCUT2D eigenvalue weighted by atomic mass is 16.5. The van der Waals surface area contributed by atoms with Crippen molar-refractivity contribution in [1.29, 1.82) is 0 Å². The fourth-order valence-electron chi connectivity index (χ4n) is 5.39. The standard InChI is InChI=1S/C29H32N4O/c1-20-25(21-14-16-24(34-3)17-15-21)27(23-12-13-23)33-29(31(20)2)28(32-18-8-5-9-19-32)26(30-33)22-10-6-4-7-11-22/h4,6-7,10-11,14-17H,5,8-9,12-13,18-19H2,1-3H3. The molecular weight excluding hydrogens is 420 g/mol. The molecule has 1 saturated heterocycles. The zero-order valence-corrected chi connectivity index (χ0v) is 20.3. The van der Waals surface area contributed by atoms with Gasteiger partial charge in [0, 0.05) is 37.0 Å². The number of allylic oxidation sites excluding steroid dienone is 4. The Labute approximate surface area is 201 Å². The van der Waals surface area contributed by atoms with E-state index in [9.17, 15) is 0 Å². The number of benzene rings is 2. The molecule has 0 N–H and O–H groups in total. The van der Waals surface area contributed by atoms with Crippen molar-refractivity contribution < 1.29 is 4.74 Å². The Morgan fingerprint density at radius 1 is 0.853 bits per heavy atom. The van der Waals surface area contributed by atoms with Gasteiger partial charge in [-0.3, -0.25) is 0 Å². The zero-order valence-electron chi connectivity index (χ0n) is 20.3. The van der Waals surface area contributed by atoms with Crippen molar-refractivity contribution in [2.24, 2.45) is 0 Å². The normalized spacial score (nSPS) is 17.9. The first-order chi connectivity index (χ1) is 16.7. The molecule has 0 amide bonds. The Bertz CT molecular complexity index is 1270. The van der Waals surface area contributed by atoms with Crippen LogP contribution < -0.4 is 14.5 Å². The summed E-state index contributed by atoms with van der Waals surface area (Å²) in [5.74, 6) is 2.08. The minimum absolute atomic E-state index is 0.880. The predicted molar refractivity (Wildman–Crippen MR) is 140 cm³/mol. The number of methoxy groups -OCH3 is 1. The van der Waals surface area contributed by atoms with Crippen molar-refractivity contribution in [2.75, 3.05) is 37.0 Å². The molecule has 2 aliphatic heterocycles. The van der Waals surface area contributed by atoms with E-state index in [1.54, 1.807) is 7.11 Å². The van der Waals surface area contributed by atoms with Crippen molar-refractivity contribution in [1.82, 2.24) is 9.78 Å². The van der Waals surface area contributed by atoms with E-state index in [2.05, 4.69) is 83.1 Å². The predicted octanol–water partition coefficient (Wildman–Crippen LogP) is 6.43. The summed E-state index contributed by atoms with van der Waals surface area (Å²) in [6, 6.07) is 19.1. The number of hydrogen-bond donors (Lipinski definition) is 0. The van der Waals surface area contributed by atoms with E-state index in [1.807, 2.05) is 0 Å². The summed E-state index contributed by atoms with van der Waals surface area (Å²) in [5, 5.41) is 5.35. The van der Waals surface area contributed by atoms with Crippen molar-refractivity contribution >= 4 is 22.8 Å². The number of ether oxygens (including phenoxy) is 1. The third kappa shape index (κ3) is 3.42. The Morgan fingerprint density at radius 2 is 1.56 bits per heavy atom. The molecule has 0 atom stereocenters. The summed E-state index contributed by atoms with van der Waals surface area (Å²) in [6.07, 6.45) is 6.08. The lowest BCUT2D eigenvalue weighted by atomic mass is 9.97. The van der Waals surface area contributed by atoms with Crippen LogP contribution in [0.5, 0.6) is 5.75 Å². The van der Waals surface area contributed by atoms with Gasteiger partial charge >= 0.3 is 0 Å². The third-order valence-corrected chi connectivity index (χ3v) is 7.40. The van der Waals surface area contributed by atoms with E-state index in [1.165, 1.54) is 64.4 Å². The van der Waals surface area contributed by atoms with Gasteiger partial charge in [-0.15, -0.1) is 0 Å². The number of rotatable bonds is 4. The molecule has 5 heteroatoms. The SMILES string of the molecule is COc1ccc(C2=C(C)N(C)c3c(N4CCCCC4)c(-c4ccccc4)nn3C2=C2CC2)cc1. The minimum Gasteiger partial charge on any atom is -0.497 e. The summed E-state index contributed by atoms with van der Waals surface area (Å²) in [5.41, 5.74) is 10.1. The Balaban J connectivity index is 1.58. The maximum atomic E-state index is 5.42. The Morgan fingerprint density at radius 3 is 2.21 bits per heavy atom. The molecule has 1 saturated carbocycles. The third-order valence-electron chi connectivity index (χ3n) is 7.40. The first-order valence-electron chi connectivity index (χ1n) is 12.4. The second kappa shape index (κ2) is 8.39. The summed E-state index contributed by atoms with van der Waals surface area (Å²) in [7, 11) is 3.91. The first-order valence-corrected chi connectivity index (χ1v) is 12.4. The highest BCUT2D eigenvalue weighted by Crippen LogP contribution is 2.51. The van der Waals surface area contributed by atoms with Crippen LogP contribution in [-0.4, -0.2) is 37.0 Å². The molecule has 3 heterocycles. The molecule has 0 spiro atoms. The highest BCUT2D eigenvalue weighted by Gasteiger charge is 2.37. The first kappa shape index (κ1) is 21.1. The van der Waals surface area contributed by atoms with Gasteiger partial charge in [-0.05, 0) is 62.3 Å². The Kier molecular flexibility index (Phi) is 5.20. The van der Waals surface area contributed by atoms with Crippen LogP contribution in [0.2, 0.25) is 0 Å². The average Bonchev–Trinajstić information content (AvgIpc) is 3.66. The van der Waals surface area contributed by atoms with Crippen molar-refractivity contribution in [3.8, 4) is 17.0 Å². The second-order valence-electron chi connectivity index (χ2n) is 9.55. The van der Waals surface area contributed by atoms with Gasteiger partial charge in [-0.2, -0.15) is 5.10 Å². The van der Waals surface area contributed by atoms with Crippen LogP contribution in [0.4, 0.5) is 11.5 Å². The van der Waals surface area contributed by atoms with Crippen LogP contribution in [0.15, 0.2) is 65.9 Å². The average molecular weight is 453 g/mol. The van der Waals surface area contributed by atoms with Gasteiger partial charge in [0.1, 0.15) is 17.1 Å². The van der Waals surface area contributed by atoms with Gasteiger partial charge in [0.05, 0.1) is 12.8 Å². The molecule has 5 nitrogen and oxygen atoms in total. The molecule has 2 aromatic carbocycles. The molecule has 1 aromatic heterocycles. The number of nitrogens with zero attached hydrogens (tertiary/aromatic N) is 4. The molecular formula is C29H32N4O. The molecule has 6 rings (SSSR count). The number of hydrogen-bond acceptors (Lipinski definition) is 4. The summed E-state index contributed by atoms with van der Waals surface area (Å²) >= 11 is 0. The van der Waals surface area contributed by atoms with Gasteiger partial charge in [-0.25, -0.2) is 4.68 Å². The van der Waals surface area contributed by atoms with Crippen molar-refractivity contribution in [3.05, 3.63) is 71.4 Å². The number of fused-ring (bicyclic) bond motifs is 1. The van der Waals surface area contributed by atoms with Crippen LogP contribution in [-0.2, 0) is 0 Å². The lowest BCUT2D eigenvalue weighted by Gasteiger charge is -2.35. The van der Waals surface area contributed by atoms with Gasteiger partial charge in [-0.1, -0.05) is 42.5 Å².